The summed E-state index contributed by atoms with van der Waals surface area (Å²) in [5.41, 5.74) is 0. The molecular formula is C13H24N2O. The van der Waals surface area contributed by atoms with Gasteiger partial charge in [-0.2, -0.15) is 0 Å². The minimum Gasteiger partial charge on any atom is -0.345 e. The van der Waals surface area contributed by atoms with E-state index in [4.69, 9.17) is 0 Å². The van der Waals surface area contributed by atoms with Gasteiger partial charge >= 0.3 is 0 Å². The Morgan fingerprint density at radius 2 is 1.94 bits per heavy atom. The van der Waals surface area contributed by atoms with Crippen molar-refractivity contribution in [3.05, 3.63) is 0 Å². The number of nitrogens with zero attached hydrogens (tertiary/aromatic N) is 1. The summed E-state index contributed by atoms with van der Waals surface area (Å²) < 4.78 is 0. The molecule has 3 heteroatoms. The summed E-state index contributed by atoms with van der Waals surface area (Å²) in [5, 5.41) is 3.27. The first-order chi connectivity index (χ1) is 7.75. The Morgan fingerprint density at radius 3 is 2.56 bits per heavy atom. The predicted molar refractivity (Wildman–Crippen MR) is 65.2 cm³/mol. The van der Waals surface area contributed by atoms with Gasteiger partial charge in [-0.3, -0.25) is 4.79 Å². The van der Waals surface area contributed by atoms with Crippen molar-refractivity contribution in [2.24, 2.45) is 5.92 Å². The Bertz CT molecular complexity index is 232. The first kappa shape index (κ1) is 11.9. The number of likely N-dealkylation sites (N-methyl/N-ethyl adjacent to an activating group) is 1. The van der Waals surface area contributed by atoms with Crippen molar-refractivity contribution in [3.63, 3.8) is 0 Å². The van der Waals surface area contributed by atoms with Gasteiger partial charge in [-0.15, -0.1) is 0 Å². The van der Waals surface area contributed by atoms with Gasteiger partial charge in [0.2, 0.25) is 5.91 Å². The van der Waals surface area contributed by atoms with E-state index in [1.807, 2.05) is 11.9 Å². The van der Waals surface area contributed by atoms with Crippen molar-refractivity contribution >= 4 is 5.91 Å². The van der Waals surface area contributed by atoms with Crippen molar-refractivity contribution in [1.82, 2.24) is 10.2 Å². The summed E-state index contributed by atoms with van der Waals surface area (Å²) in [6.45, 7) is 1.47. The number of rotatable bonds is 6. The first-order valence-corrected chi connectivity index (χ1v) is 6.73. The van der Waals surface area contributed by atoms with Crippen molar-refractivity contribution in [1.29, 1.82) is 0 Å². The minimum atomic E-state index is 0.255. The summed E-state index contributed by atoms with van der Waals surface area (Å²) >= 11 is 0. The van der Waals surface area contributed by atoms with Crippen molar-refractivity contribution in [2.75, 3.05) is 20.1 Å². The number of hydrogen-bond acceptors (Lipinski definition) is 2. The summed E-state index contributed by atoms with van der Waals surface area (Å²) in [6, 6.07) is 0.632. The molecule has 0 heterocycles. The lowest BCUT2D eigenvalue weighted by atomic mass is 10.0. The third-order valence-corrected chi connectivity index (χ3v) is 3.89. The predicted octanol–water partition coefficient (Wildman–Crippen LogP) is 1.78. The highest BCUT2D eigenvalue weighted by atomic mass is 16.2. The van der Waals surface area contributed by atoms with Crippen molar-refractivity contribution in [3.8, 4) is 0 Å². The van der Waals surface area contributed by atoms with Crippen molar-refractivity contribution < 1.29 is 4.79 Å². The van der Waals surface area contributed by atoms with Crippen LogP contribution in [0.25, 0.3) is 0 Å². The second kappa shape index (κ2) is 5.67. The first-order valence-electron chi connectivity index (χ1n) is 6.73. The standard InChI is InChI=1S/C13H24N2O/c1-15(9-8-11-4-2-3-5-11)13(16)10-14-12-6-7-12/h11-12,14H,2-10H2,1H3. The molecule has 92 valence electrons. The van der Waals surface area contributed by atoms with E-state index in [1.165, 1.54) is 44.9 Å². The Balaban J connectivity index is 1.57. The molecule has 0 aromatic rings. The number of carbonyl (C=O) groups is 1. The van der Waals surface area contributed by atoms with Crippen LogP contribution >= 0.6 is 0 Å². The topological polar surface area (TPSA) is 32.3 Å². The highest BCUT2D eigenvalue weighted by Crippen LogP contribution is 2.27. The number of hydrogen-bond donors (Lipinski definition) is 1. The third-order valence-electron chi connectivity index (χ3n) is 3.89. The second-order valence-corrected chi connectivity index (χ2v) is 5.41. The van der Waals surface area contributed by atoms with Crippen LogP contribution in [0.15, 0.2) is 0 Å². The van der Waals surface area contributed by atoms with Gasteiger partial charge in [-0.25, -0.2) is 0 Å². The molecule has 0 saturated heterocycles. The normalized spacial score (nSPS) is 21.3. The molecule has 2 aliphatic rings. The third kappa shape index (κ3) is 3.78. The van der Waals surface area contributed by atoms with Crippen LogP contribution in [0, 0.1) is 5.92 Å². The fraction of sp³-hybridized carbons (Fsp3) is 0.923. The Morgan fingerprint density at radius 1 is 1.25 bits per heavy atom. The highest BCUT2D eigenvalue weighted by molar-refractivity contribution is 5.78. The van der Waals surface area contributed by atoms with Gasteiger partial charge in [0.1, 0.15) is 0 Å². The quantitative estimate of drug-likeness (QED) is 0.746. The molecule has 0 unspecified atom stereocenters. The van der Waals surface area contributed by atoms with Crippen molar-refractivity contribution in [2.45, 2.75) is 51.0 Å². The van der Waals surface area contributed by atoms with Crippen LogP contribution in [0.5, 0.6) is 0 Å². The van der Waals surface area contributed by atoms with E-state index in [0.717, 1.165) is 12.5 Å². The van der Waals surface area contributed by atoms with E-state index in [2.05, 4.69) is 5.32 Å². The molecule has 0 atom stereocenters. The van der Waals surface area contributed by atoms with Crippen LogP contribution in [-0.4, -0.2) is 37.0 Å². The Kier molecular flexibility index (Phi) is 4.22. The number of carbonyl (C=O) groups excluding carboxylic acids is 1. The SMILES string of the molecule is CN(CCC1CCCC1)C(=O)CNC1CC1. The monoisotopic (exact) mass is 224 g/mol. The van der Waals surface area contributed by atoms with E-state index in [1.54, 1.807) is 0 Å². The van der Waals surface area contributed by atoms with Gasteiger partial charge in [0.25, 0.3) is 0 Å². The van der Waals surface area contributed by atoms with Crippen LogP contribution in [0.2, 0.25) is 0 Å². The van der Waals surface area contributed by atoms with Crippen LogP contribution in [0.4, 0.5) is 0 Å². The molecule has 2 rings (SSSR count). The van der Waals surface area contributed by atoms with Gasteiger partial charge in [0, 0.05) is 19.6 Å². The van der Waals surface area contributed by atoms with Crippen LogP contribution in [0.1, 0.15) is 44.9 Å². The van der Waals surface area contributed by atoms with E-state index in [9.17, 15) is 4.79 Å². The van der Waals surface area contributed by atoms with Crippen LogP contribution in [0.3, 0.4) is 0 Å². The fourth-order valence-corrected chi connectivity index (χ4v) is 2.45. The van der Waals surface area contributed by atoms with E-state index >= 15 is 0 Å². The Hall–Kier alpha value is -0.570. The molecule has 16 heavy (non-hydrogen) atoms. The maximum Gasteiger partial charge on any atom is 0.236 e. The van der Waals surface area contributed by atoms with Gasteiger partial charge in [-0.1, -0.05) is 25.7 Å². The molecule has 0 bridgehead atoms. The van der Waals surface area contributed by atoms with E-state index in [-0.39, 0.29) is 5.91 Å². The fourth-order valence-electron chi connectivity index (χ4n) is 2.45. The molecule has 2 aliphatic carbocycles. The molecular weight excluding hydrogens is 200 g/mol. The Labute approximate surface area is 98.6 Å². The van der Waals surface area contributed by atoms with Gasteiger partial charge in [0.05, 0.1) is 6.54 Å². The molecule has 0 aliphatic heterocycles. The lowest BCUT2D eigenvalue weighted by molar-refractivity contribution is -0.129. The lowest BCUT2D eigenvalue weighted by Crippen LogP contribution is -2.37. The smallest absolute Gasteiger partial charge is 0.236 e. The van der Waals surface area contributed by atoms with Crippen LogP contribution < -0.4 is 5.32 Å². The van der Waals surface area contributed by atoms with Gasteiger partial charge < -0.3 is 10.2 Å². The summed E-state index contributed by atoms with van der Waals surface area (Å²) in [7, 11) is 1.94. The largest absolute Gasteiger partial charge is 0.345 e. The minimum absolute atomic E-state index is 0.255. The van der Waals surface area contributed by atoms with Gasteiger partial charge in [-0.05, 0) is 25.2 Å². The molecule has 0 aromatic carbocycles. The zero-order valence-corrected chi connectivity index (χ0v) is 10.4. The zero-order chi connectivity index (χ0) is 11.4. The summed E-state index contributed by atoms with van der Waals surface area (Å²) in [4.78, 5) is 13.6. The molecule has 0 spiro atoms. The maximum absolute atomic E-state index is 11.7. The number of amides is 1. The average Bonchev–Trinajstić information content (AvgIpc) is 2.97. The molecule has 2 saturated carbocycles. The van der Waals surface area contributed by atoms with E-state index < -0.39 is 0 Å². The molecule has 0 aromatic heterocycles. The highest BCUT2D eigenvalue weighted by Gasteiger charge is 2.22. The van der Waals surface area contributed by atoms with E-state index in [0.29, 0.717) is 12.6 Å². The molecule has 2 fully saturated rings. The summed E-state index contributed by atoms with van der Waals surface area (Å²) in [5.74, 6) is 1.14. The molecule has 3 nitrogen and oxygen atoms in total. The van der Waals surface area contributed by atoms with Gasteiger partial charge in [0.15, 0.2) is 0 Å². The van der Waals surface area contributed by atoms with Crippen LogP contribution in [-0.2, 0) is 4.79 Å². The lowest BCUT2D eigenvalue weighted by Gasteiger charge is -2.19. The second-order valence-electron chi connectivity index (χ2n) is 5.41. The average molecular weight is 224 g/mol. The molecule has 1 amide bonds. The number of nitrogens with one attached hydrogen (secondary N) is 1. The summed E-state index contributed by atoms with van der Waals surface area (Å²) in [6.07, 6.45) is 9.24. The zero-order valence-electron chi connectivity index (χ0n) is 10.4. The molecule has 0 radical (unpaired) electrons. The maximum atomic E-state index is 11.7. The molecule has 1 N–H and O–H groups in total.